The molecule has 0 aliphatic carbocycles. The van der Waals surface area contributed by atoms with Gasteiger partial charge in [0.1, 0.15) is 0 Å². The highest BCUT2D eigenvalue weighted by Gasteiger charge is 2.34. The zero-order valence-electron chi connectivity index (χ0n) is 14.2. The van der Waals surface area contributed by atoms with Crippen molar-refractivity contribution in [2.45, 2.75) is 36.9 Å². The van der Waals surface area contributed by atoms with Crippen LogP contribution in [0, 0.1) is 5.92 Å². The molecule has 1 aromatic carbocycles. The minimum atomic E-state index is 0.697. The van der Waals surface area contributed by atoms with Crippen LogP contribution >= 0.6 is 23.1 Å². The molecule has 2 bridgehead atoms. The number of piperidine rings is 1. The number of nitrogens with zero attached hydrogens (tertiary/aromatic N) is 3. The number of fused-ring (bicyclic) bond motifs is 4. The van der Waals surface area contributed by atoms with Gasteiger partial charge in [-0.25, -0.2) is 4.98 Å². The Balaban J connectivity index is 1.42. The molecule has 0 radical (unpaired) electrons. The van der Waals surface area contributed by atoms with Crippen molar-refractivity contribution in [1.29, 1.82) is 0 Å². The molecule has 128 valence electrons. The second kappa shape index (κ2) is 7.56. The van der Waals surface area contributed by atoms with E-state index >= 15 is 0 Å². The third-order valence-corrected chi connectivity index (χ3v) is 6.70. The quantitative estimate of drug-likeness (QED) is 0.752. The van der Waals surface area contributed by atoms with Crippen LogP contribution in [0.4, 0.5) is 0 Å². The molecule has 24 heavy (non-hydrogen) atoms. The van der Waals surface area contributed by atoms with Gasteiger partial charge in [-0.15, -0.1) is 23.1 Å². The maximum absolute atomic E-state index is 4.48. The van der Waals surface area contributed by atoms with Gasteiger partial charge in [-0.1, -0.05) is 12.1 Å². The number of thiazole rings is 1. The molecule has 3 saturated heterocycles. The predicted octanol–water partition coefficient (Wildman–Crippen LogP) is 3.96. The Morgan fingerprint density at radius 1 is 1.12 bits per heavy atom. The zero-order valence-corrected chi connectivity index (χ0v) is 15.9. The van der Waals surface area contributed by atoms with E-state index < -0.39 is 0 Å². The predicted molar refractivity (Wildman–Crippen MR) is 103 cm³/mol. The molecule has 0 unspecified atom stereocenters. The highest BCUT2D eigenvalue weighted by Crippen LogP contribution is 2.30. The normalized spacial score (nSPS) is 25.0. The van der Waals surface area contributed by atoms with E-state index in [0.717, 1.165) is 19.0 Å². The van der Waals surface area contributed by atoms with Crippen LogP contribution in [0.25, 0.3) is 0 Å². The molecule has 2 aromatic rings. The first-order chi connectivity index (χ1) is 11.8. The van der Waals surface area contributed by atoms with Crippen LogP contribution in [0.5, 0.6) is 0 Å². The van der Waals surface area contributed by atoms with Crippen molar-refractivity contribution >= 4 is 23.1 Å². The van der Waals surface area contributed by atoms with Gasteiger partial charge in [0.05, 0.1) is 11.2 Å². The average Bonchev–Trinajstić information content (AvgIpc) is 2.96. The average molecular weight is 360 g/mol. The van der Waals surface area contributed by atoms with Crippen molar-refractivity contribution in [2.75, 3.05) is 25.9 Å². The van der Waals surface area contributed by atoms with Gasteiger partial charge in [-0.3, -0.25) is 9.80 Å². The molecule has 5 rings (SSSR count). The number of thioether (sulfide) groups is 1. The van der Waals surface area contributed by atoms with Crippen molar-refractivity contribution < 1.29 is 0 Å². The van der Waals surface area contributed by atoms with Gasteiger partial charge >= 0.3 is 0 Å². The van der Waals surface area contributed by atoms with Gasteiger partial charge in [0.25, 0.3) is 0 Å². The second-order valence-electron chi connectivity index (χ2n) is 7.05. The summed E-state index contributed by atoms with van der Waals surface area (Å²) >= 11 is 3.52. The summed E-state index contributed by atoms with van der Waals surface area (Å²) in [4.78, 5) is 11.2. The third kappa shape index (κ3) is 3.85. The van der Waals surface area contributed by atoms with Crippen molar-refractivity contribution in [3.63, 3.8) is 0 Å². The van der Waals surface area contributed by atoms with Gasteiger partial charge in [-0.05, 0) is 42.7 Å². The largest absolute Gasteiger partial charge is 0.296 e. The first-order valence-electron chi connectivity index (χ1n) is 8.76. The van der Waals surface area contributed by atoms with E-state index in [4.69, 9.17) is 0 Å². The van der Waals surface area contributed by atoms with Gasteiger partial charge in [0.2, 0.25) is 0 Å². The monoisotopic (exact) mass is 359 g/mol. The molecule has 0 amide bonds. The van der Waals surface area contributed by atoms with E-state index in [9.17, 15) is 0 Å². The molecule has 3 nitrogen and oxygen atoms in total. The maximum atomic E-state index is 4.48. The Morgan fingerprint density at radius 2 is 2.00 bits per heavy atom. The SMILES string of the molecule is CSc1ccc(CN2C[C@H]3CC[C@@H]2CN(Cc2cscn2)C3)cc1. The topological polar surface area (TPSA) is 19.4 Å². The summed E-state index contributed by atoms with van der Waals surface area (Å²) in [7, 11) is 0. The van der Waals surface area contributed by atoms with E-state index in [2.05, 4.69) is 50.7 Å². The molecule has 0 saturated carbocycles. The molecule has 0 N–H and O–H groups in total. The van der Waals surface area contributed by atoms with Gasteiger partial charge in [-0.2, -0.15) is 0 Å². The minimum Gasteiger partial charge on any atom is -0.296 e. The zero-order chi connectivity index (χ0) is 16.4. The lowest BCUT2D eigenvalue weighted by atomic mass is 9.94. The lowest BCUT2D eigenvalue weighted by Gasteiger charge is -2.36. The van der Waals surface area contributed by atoms with Crippen molar-refractivity contribution in [3.05, 3.63) is 46.4 Å². The van der Waals surface area contributed by atoms with Gasteiger partial charge in [0, 0.05) is 49.0 Å². The van der Waals surface area contributed by atoms with Crippen LogP contribution in [0.1, 0.15) is 24.1 Å². The molecular formula is C19H25N3S2. The summed E-state index contributed by atoms with van der Waals surface area (Å²) in [5, 5.41) is 2.19. The van der Waals surface area contributed by atoms with Crippen molar-refractivity contribution in [3.8, 4) is 0 Å². The second-order valence-corrected chi connectivity index (χ2v) is 8.65. The van der Waals surface area contributed by atoms with Crippen LogP contribution in [0.3, 0.4) is 0 Å². The highest BCUT2D eigenvalue weighted by atomic mass is 32.2. The van der Waals surface area contributed by atoms with E-state index in [-0.39, 0.29) is 0 Å². The summed E-state index contributed by atoms with van der Waals surface area (Å²) < 4.78 is 0. The number of hydrogen-bond donors (Lipinski definition) is 0. The third-order valence-electron chi connectivity index (χ3n) is 5.32. The molecule has 5 heteroatoms. The molecule has 4 heterocycles. The molecule has 0 spiro atoms. The first kappa shape index (κ1) is 16.6. The smallest absolute Gasteiger partial charge is 0.0795 e. The molecular weight excluding hydrogens is 334 g/mol. The summed E-state index contributed by atoms with van der Waals surface area (Å²) in [5.74, 6) is 0.813. The Bertz CT molecular complexity index is 641. The van der Waals surface area contributed by atoms with Crippen LogP contribution in [0.15, 0.2) is 40.1 Å². The van der Waals surface area contributed by atoms with Gasteiger partial charge in [0.15, 0.2) is 0 Å². The molecule has 3 aliphatic rings. The Hall–Kier alpha value is -0.880. The Morgan fingerprint density at radius 3 is 2.75 bits per heavy atom. The lowest BCUT2D eigenvalue weighted by Crippen LogP contribution is -2.43. The number of aromatic nitrogens is 1. The summed E-state index contributed by atoms with van der Waals surface area (Å²) in [6, 6.07) is 9.81. The Kier molecular flexibility index (Phi) is 5.22. The fourth-order valence-corrected chi connectivity index (χ4v) is 5.07. The van der Waals surface area contributed by atoms with Crippen molar-refractivity contribution in [2.24, 2.45) is 5.92 Å². The summed E-state index contributed by atoms with van der Waals surface area (Å²) in [6.07, 6.45) is 4.88. The van der Waals surface area contributed by atoms with Crippen LogP contribution in [0.2, 0.25) is 0 Å². The summed E-state index contributed by atoms with van der Waals surface area (Å²) in [5.41, 5.74) is 4.64. The fraction of sp³-hybridized carbons (Fsp3) is 0.526. The van der Waals surface area contributed by atoms with E-state index in [1.54, 1.807) is 11.3 Å². The van der Waals surface area contributed by atoms with E-state index in [1.807, 2.05) is 17.3 Å². The Labute approximate surface area is 153 Å². The number of rotatable bonds is 5. The van der Waals surface area contributed by atoms with E-state index in [0.29, 0.717) is 6.04 Å². The minimum absolute atomic E-state index is 0.697. The lowest BCUT2D eigenvalue weighted by molar-refractivity contribution is 0.123. The van der Waals surface area contributed by atoms with Crippen LogP contribution in [-0.2, 0) is 13.1 Å². The molecule has 1 aromatic heterocycles. The van der Waals surface area contributed by atoms with E-state index in [1.165, 1.54) is 48.6 Å². The van der Waals surface area contributed by atoms with Crippen LogP contribution in [-0.4, -0.2) is 46.7 Å². The van der Waals surface area contributed by atoms with Gasteiger partial charge < -0.3 is 0 Å². The number of benzene rings is 1. The molecule has 3 fully saturated rings. The summed E-state index contributed by atoms with van der Waals surface area (Å²) in [6.45, 7) is 5.79. The highest BCUT2D eigenvalue weighted by molar-refractivity contribution is 7.98. The fourth-order valence-electron chi connectivity index (χ4n) is 4.11. The number of hydrogen-bond acceptors (Lipinski definition) is 5. The maximum Gasteiger partial charge on any atom is 0.0795 e. The van der Waals surface area contributed by atoms with Crippen molar-refractivity contribution in [1.82, 2.24) is 14.8 Å². The first-order valence-corrected chi connectivity index (χ1v) is 10.9. The standard InChI is InChI=1S/C19H25N3S2/c1-23-19-6-3-15(4-7-19)9-22-10-16-2-5-18(22)12-21(8-16)11-17-13-24-14-20-17/h3-4,6-7,13-14,16,18H,2,5,8-12H2,1H3/t16-,18+/m0/s1. The molecule has 3 aliphatic heterocycles. The van der Waals surface area contributed by atoms with Crippen LogP contribution < -0.4 is 0 Å². The molecule has 2 atom stereocenters.